The third-order valence-corrected chi connectivity index (χ3v) is 5.03. The van der Waals surface area contributed by atoms with Gasteiger partial charge in [-0.25, -0.2) is 9.18 Å². The quantitative estimate of drug-likeness (QED) is 0.555. The topological polar surface area (TPSA) is 59.6 Å². The SMILES string of the molecule is Cc1cc(B2OC(C)C(C)(C)O2)ccc1NC(=O)Nc1cc(C(F)(F)F)ccc1F. The van der Waals surface area contributed by atoms with Gasteiger partial charge in [0.1, 0.15) is 5.82 Å². The van der Waals surface area contributed by atoms with Crippen molar-refractivity contribution in [2.75, 3.05) is 10.6 Å². The Morgan fingerprint density at radius 2 is 1.77 bits per heavy atom. The highest BCUT2D eigenvalue weighted by atomic mass is 19.4. The first kappa shape index (κ1) is 22.1. The lowest BCUT2D eigenvalue weighted by Gasteiger charge is -2.21. The van der Waals surface area contributed by atoms with Gasteiger partial charge in [0.25, 0.3) is 0 Å². The second kappa shape index (κ2) is 7.92. The Balaban J connectivity index is 1.71. The number of aryl methyl sites for hydroxylation is 1. The summed E-state index contributed by atoms with van der Waals surface area (Å²) in [5, 5.41) is 4.62. The van der Waals surface area contributed by atoms with Gasteiger partial charge in [-0.3, -0.25) is 0 Å². The lowest BCUT2D eigenvalue weighted by Crippen LogP contribution is -2.35. The molecule has 160 valence electrons. The van der Waals surface area contributed by atoms with E-state index in [0.29, 0.717) is 29.4 Å². The fraction of sp³-hybridized carbons (Fsp3) is 0.350. The summed E-state index contributed by atoms with van der Waals surface area (Å²) in [5.41, 5.74) is -0.218. The van der Waals surface area contributed by atoms with Crippen molar-refractivity contribution in [3.8, 4) is 0 Å². The molecule has 2 amide bonds. The minimum absolute atomic E-state index is 0.103. The van der Waals surface area contributed by atoms with Crippen LogP contribution in [-0.2, 0) is 15.5 Å². The molecular weight excluding hydrogens is 403 g/mol. The molecule has 3 rings (SSSR count). The summed E-state index contributed by atoms with van der Waals surface area (Å²) in [5.74, 6) is -0.975. The van der Waals surface area contributed by atoms with E-state index in [1.54, 1.807) is 25.1 Å². The fourth-order valence-corrected chi connectivity index (χ4v) is 2.94. The van der Waals surface area contributed by atoms with Crippen molar-refractivity contribution in [2.45, 2.75) is 45.6 Å². The van der Waals surface area contributed by atoms with Gasteiger partial charge >= 0.3 is 19.3 Å². The molecule has 1 unspecified atom stereocenters. The Morgan fingerprint density at radius 1 is 1.10 bits per heavy atom. The molecule has 30 heavy (non-hydrogen) atoms. The molecule has 1 saturated heterocycles. The lowest BCUT2D eigenvalue weighted by atomic mass is 9.78. The molecule has 0 spiro atoms. The molecule has 1 aliphatic rings. The zero-order valence-electron chi connectivity index (χ0n) is 16.9. The number of alkyl halides is 3. The molecule has 5 nitrogen and oxygen atoms in total. The largest absolute Gasteiger partial charge is 0.494 e. The molecule has 0 radical (unpaired) electrons. The van der Waals surface area contributed by atoms with E-state index < -0.39 is 42.0 Å². The van der Waals surface area contributed by atoms with Crippen LogP contribution >= 0.6 is 0 Å². The second-order valence-electron chi connectivity index (χ2n) is 7.68. The number of hydrogen-bond acceptors (Lipinski definition) is 3. The maximum atomic E-state index is 13.8. The van der Waals surface area contributed by atoms with Crippen LogP contribution in [0.1, 0.15) is 31.9 Å². The number of carbonyl (C=O) groups is 1. The van der Waals surface area contributed by atoms with Crippen LogP contribution in [-0.4, -0.2) is 24.9 Å². The van der Waals surface area contributed by atoms with E-state index in [9.17, 15) is 22.4 Å². The Bertz CT molecular complexity index is 966. The molecule has 0 bridgehead atoms. The third-order valence-electron chi connectivity index (χ3n) is 5.03. The predicted molar refractivity (Wildman–Crippen MR) is 106 cm³/mol. The van der Waals surface area contributed by atoms with Crippen LogP contribution in [0.2, 0.25) is 0 Å². The predicted octanol–water partition coefficient (Wildman–Crippen LogP) is 4.71. The van der Waals surface area contributed by atoms with E-state index in [1.165, 1.54) is 0 Å². The molecule has 2 aromatic rings. The Morgan fingerprint density at radius 3 is 2.33 bits per heavy atom. The van der Waals surface area contributed by atoms with Gasteiger partial charge in [0.15, 0.2) is 0 Å². The molecule has 0 saturated carbocycles. The molecule has 2 aromatic carbocycles. The number of hydrogen-bond donors (Lipinski definition) is 2. The van der Waals surface area contributed by atoms with Crippen molar-refractivity contribution in [1.82, 2.24) is 0 Å². The Kier molecular flexibility index (Phi) is 5.84. The second-order valence-corrected chi connectivity index (χ2v) is 7.68. The highest BCUT2D eigenvalue weighted by Crippen LogP contribution is 2.32. The van der Waals surface area contributed by atoms with Crippen LogP contribution < -0.4 is 16.1 Å². The smallest absolute Gasteiger partial charge is 0.402 e. The van der Waals surface area contributed by atoms with E-state index in [1.807, 2.05) is 20.8 Å². The average molecular weight is 424 g/mol. The van der Waals surface area contributed by atoms with E-state index >= 15 is 0 Å². The molecule has 1 fully saturated rings. The summed E-state index contributed by atoms with van der Waals surface area (Å²) in [4.78, 5) is 12.2. The maximum absolute atomic E-state index is 13.8. The first-order chi connectivity index (χ1) is 13.9. The molecule has 1 atom stereocenters. The summed E-state index contributed by atoms with van der Waals surface area (Å²) in [7, 11) is -0.546. The molecular formula is C20H21BF4N2O3. The lowest BCUT2D eigenvalue weighted by molar-refractivity contribution is -0.137. The van der Waals surface area contributed by atoms with Crippen molar-refractivity contribution in [1.29, 1.82) is 0 Å². The highest BCUT2D eigenvalue weighted by Gasteiger charge is 2.43. The highest BCUT2D eigenvalue weighted by molar-refractivity contribution is 6.62. The van der Waals surface area contributed by atoms with Crippen LogP contribution in [0.15, 0.2) is 36.4 Å². The first-order valence-electron chi connectivity index (χ1n) is 9.25. The van der Waals surface area contributed by atoms with Crippen molar-refractivity contribution >= 4 is 30.0 Å². The van der Waals surface area contributed by atoms with Gasteiger partial charge in [0.05, 0.1) is 23.0 Å². The zero-order valence-corrected chi connectivity index (χ0v) is 16.9. The van der Waals surface area contributed by atoms with Gasteiger partial charge in [0.2, 0.25) is 0 Å². The molecule has 1 aliphatic heterocycles. The van der Waals surface area contributed by atoms with E-state index in [4.69, 9.17) is 9.31 Å². The number of rotatable bonds is 3. The minimum atomic E-state index is -4.65. The van der Waals surface area contributed by atoms with E-state index in [-0.39, 0.29) is 6.10 Å². The van der Waals surface area contributed by atoms with Crippen LogP contribution in [0.5, 0.6) is 0 Å². The standard InChI is InChI=1S/C20H21BF4N2O3/c1-11-9-14(21-29-12(2)19(3,4)30-21)6-8-16(11)26-18(28)27-17-10-13(20(23,24)25)5-7-15(17)22/h5-10,12H,1-4H3,(H2,26,27,28). The number of carbonyl (C=O) groups excluding carboxylic acids is 1. The number of nitrogens with one attached hydrogen (secondary N) is 2. The number of urea groups is 1. The summed E-state index contributed by atoms with van der Waals surface area (Å²) in [6.45, 7) is 7.52. The molecule has 0 aliphatic carbocycles. The minimum Gasteiger partial charge on any atom is -0.402 e. The van der Waals surface area contributed by atoms with Crippen molar-refractivity contribution in [3.63, 3.8) is 0 Å². The monoisotopic (exact) mass is 424 g/mol. The summed E-state index contributed by atoms with van der Waals surface area (Å²) in [6, 6.07) is 6.05. The Labute approximate surface area is 171 Å². The van der Waals surface area contributed by atoms with Crippen LogP contribution in [0.3, 0.4) is 0 Å². The van der Waals surface area contributed by atoms with Gasteiger partial charge in [-0.1, -0.05) is 12.1 Å². The normalized spacial score (nSPS) is 18.4. The molecule has 1 heterocycles. The van der Waals surface area contributed by atoms with Crippen LogP contribution in [0, 0.1) is 12.7 Å². The van der Waals surface area contributed by atoms with Crippen molar-refractivity contribution in [2.24, 2.45) is 0 Å². The first-order valence-corrected chi connectivity index (χ1v) is 9.25. The van der Waals surface area contributed by atoms with E-state index in [0.717, 1.165) is 5.46 Å². The Hall–Kier alpha value is -2.59. The zero-order chi connectivity index (χ0) is 22.3. The van der Waals surface area contributed by atoms with Crippen LogP contribution in [0.4, 0.5) is 33.7 Å². The van der Waals surface area contributed by atoms with Gasteiger partial charge < -0.3 is 19.9 Å². The average Bonchev–Trinajstić information content (AvgIpc) is 2.90. The summed E-state index contributed by atoms with van der Waals surface area (Å²) >= 11 is 0. The molecule has 10 heteroatoms. The molecule has 2 N–H and O–H groups in total. The van der Waals surface area contributed by atoms with Gasteiger partial charge in [-0.05, 0) is 63.0 Å². The van der Waals surface area contributed by atoms with Gasteiger partial charge in [0, 0.05) is 5.69 Å². The number of halogens is 4. The third kappa shape index (κ3) is 4.76. The van der Waals surface area contributed by atoms with Crippen LogP contribution in [0.25, 0.3) is 0 Å². The summed E-state index contributed by atoms with van der Waals surface area (Å²) < 4.78 is 63.9. The van der Waals surface area contributed by atoms with Crippen molar-refractivity contribution < 1.29 is 31.7 Å². The van der Waals surface area contributed by atoms with E-state index in [2.05, 4.69) is 10.6 Å². The fourth-order valence-electron chi connectivity index (χ4n) is 2.94. The van der Waals surface area contributed by atoms with Gasteiger partial charge in [-0.2, -0.15) is 13.2 Å². The van der Waals surface area contributed by atoms with Gasteiger partial charge in [-0.15, -0.1) is 0 Å². The van der Waals surface area contributed by atoms with Crippen molar-refractivity contribution in [3.05, 3.63) is 53.3 Å². The number of benzene rings is 2. The molecule has 0 aromatic heterocycles. The summed E-state index contributed by atoms with van der Waals surface area (Å²) in [6.07, 6.45) is -4.75. The number of amides is 2. The maximum Gasteiger partial charge on any atom is 0.494 e. The number of anilines is 2.